The van der Waals surface area contributed by atoms with E-state index in [1.807, 2.05) is 0 Å². The second-order valence-corrected chi connectivity index (χ2v) is 3.93. The molecule has 0 saturated heterocycles. The van der Waals surface area contributed by atoms with Gasteiger partial charge in [0.05, 0.1) is 6.54 Å². The Balaban J connectivity index is 2.14. The molecular formula is C13H19FN2O. The van der Waals surface area contributed by atoms with E-state index in [1.54, 1.807) is 12.1 Å². The minimum Gasteiger partial charge on any atom is -0.355 e. The minimum absolute atomic E-state index is 0.000520. The number of amides is 1. The van der Waals surface area contributed by atoms with E-state index in [9.17, 15) is 9.18 Å². The zero-order valence-corrected chi connectivity index (χ0v) is 10.1. The van der Waals surface area contributed by atoms with Crippen molar-refractivity contribution in [2.24, 2.45) is 0 Å². The Labute approximate surface area is 101 Å². The first-order valence-electron chi connectivity index (χ1n) is 5.94. The average Bonchev–Trinajstić information content (AvgIpc) is 2.32. The smallest absolute Gasteiger partial charge is 0.233 e. The predicted octanol–water partition coefficient (Wildman–Crippen LogP) is 1.83. The summed E-state index contributed by atoms with van der Waals surface area (Å²) in [5.41, 5.74) is 0.966. The fourth-order valence-electron chi connectivity index (χ4n) is 1.39. The van der Waals surface area contributed by atoms with Gasteiger partial charge in [0.2, 0.25) is 5.91 Å². The Morgan fingerprint density at radius 2 is 2.00 bits per heavy atom. The normalized spacial score (nSPS) is 10.2. The van der Waals surface area contributed by atoms with Crippen molar-refractivity contribution in [3.63, 3.8) is 0 Å². The molecule has 4 heteroatoms. The molecule has 94 valence electrons. The highest BCUT2D eigenvalue weighted by molar-refractivity contribution is 5.77. The monoisotopic (exact) mass is 238 g/mol. The van der Waals surface area contributed by atoms with Crippen molar-refractivity contribution in [1.29, 1.82) is 0 Å². The van der Waals surface area contributed by atoms with Gasteiger partial charge in [-0.2, -0.15) is 0 Å². The SMILES string of the molecule is CCCCNC(=O)CNCc1ccc(F)cc1. The molecule has 0 radical (unpaired) electrons. The third-order valence-corrected chi connectivity index (χ3v) is 2.38. The molecule has 2 N–H and O–H groups in total. The van der Waals surface area contributed by atoms with E-state index in [2.05, 4.69) is 17.6 Å². The van der Waals surface area contributed by atoms with Crippen molar-refractivity contribution in [3.8, 4) is 0 Å². The van der Waals surface area contributed by atoms with Gasteiger partial charge in [0.25, 0.3) is 0 Å². The number of nitrogens with one attached hydrogen (secondary N) is 2. The Kier molecular flexibility index (Phi) is 6.25. The summed E-state index contributed by atoms with van der Waals surface area (Å²) < 4.78 is 12.6. The number of hydrogen-bond donors (Lipinski definition) is 2. The third kappa shape index (κ3) is 6.02. The average molecular weight is 238 g/mol. The highest BCUT2D eigenvalue weighted by atomic mass is 19.1. The Morgan fingerprint density at radius 3 is 2.65 bits per heavy atom. The Bertz CT molecular complexity index is 338. The van der Waals surface area contributed by atoms with Crippen LogP contribution in [0, 0.1) is 5.82 Å². The Morgan fingerprint density at radius 1 is 1.29 bits per heavy atom. The van der Waals surface area contributed by atoms with Gasteiger partial charge in [0.15, 0.2) is 0 Å². The summed E-state index contributed by atoms with van der Waals surface area (Å²) in [5, 5.41) is 5.83. The highest BCUT2D eigenvalue weighted by Crippen LogP contribution is 2.01. The molecule has 1 aromatic carbocycles. The predicted molar refractivity (Wildman–Crippen MR) is 66.0 cm³/mol. The summed E-state index contributed by atoms with van der Waals surface area (Å²) in [4.78, 5) is 11.3. The lowest BCUT2D eigenvalue weighted by Gasteiger charge is -2.06. The maximum Gasteiger partial charge on any atom is 0.233 e. The quantitative estimate of drug-likeness (QED) is 0.712. The van der Waals surface area contributed by atoms with Gasteiger partial charge >= 0.3 is 0 Å². The fourth-order valence-corrected chi connectivity index (χ4v) is 1.39. The Hall–Kier alpha value is -1.42. The number of halogens is 1. The van der Waals surface area contributed by atoms with Crippen LogP contribution in [0.4, 0.5) is 4.39 Å². The van der Waals surface area contributed by atoms with Crippen LogP contribution in [0.15, 0.2) is 24.3 Å². The standard InChI is InChI=1S/C13H19FN2O/c1-2-3-8-16-13(17)10-15-9-11-4-6-12(14)7-5-11/h4-7,15H,2-3,8-10H2,1H3,(H,16,17). The number of rotatable bonds is 7. The van der Waals surface area contributed by atoms with Crippen LogP contribution in [0.2, 0.25) is 0 Å². The van der Waals surface area contributed by atoms with Gasteiger partial charge < -0.3 is 10.6 Å². The van der Waals surface area contributed by atoms with Crippen LogP contribution in [-0.4, -0.2) is 19.0 Å². The van der Waals surface area contributed by atoms with E-state index in [1.165, 1.54) is 12.1 Å². The summed E-state index contributed by atoms with van der Waals surface area (Å²) in [5.74, 6) is -0.244. The van der Waals surface area contributed by atoms with E-state index < -0.39 is 0 Å². The highest BCUT2D eigenvalue weighted by Gasteiger charge is 1.99. The zero-order chi connectivity index (χ0) is 12.5. The number of carbonyl (C=O) groups is 1. The lowest BCUT2D eigenvalue weighted by molar-refractivity contribution is -0.120. The zero-order valence-electron chi connectivity index (χ0n) is 10.1. The van der Waals surface area contributed by atoms with Crippen LogP contribution < -0.4 is 10.6 Å². The molecule has 17 heavy (non-hydrogen) atoms. The van der Waals surface area contributed by atoms with E-state index in [4.69, 9.17) is 0 Å². The fraction of sp³-hybridized carbons (Fsp3) is 0.462. The van der Waals surface area contributed by atoms with E-state index in [0.29, 0.717) is 13.1 Å². The molecule has 0 bridgehead atoms. The van der Waals surface area contributed by atoms with Gasteiger partial charge in [0, 0.05) is 13.1 Å². The first-order valence-corrected chi connectivity index (χ1v) is 5.94. The summed E-state index contributed by atoms with van der Waals surface area (Å²) >= 11 is 0. The van der Waals surface area contributed by atoms with E-state index in [-0.39, 0.29) is 11.7 Å². The molecule has 1 aromatic rings. The van der Waals surface area contributed by atoms with Gasteiger partial charge in [-0.25, -0.2) is 4.39 Å². The molecule has 0 unspecified atom stereocenters. The molecule has 0 saturated carbocycles. The van der Waals surface area contributed by atoms with Crippen LogP contribution in [0.1, 0.15) is 25.3 Å². The van der Waals surface area contributed by atoms with Crippen LogP contribution in [0.5, 0.6) is 0 Å². The molecular weight excluding hydrogens is 219 g/mol. The summed E-state index contributed by atoms with van der Waals surface area (Å²) in [6.45, 7) is 3.68. The van der Waals surface area contributed by atoms with Gasteiger partial charge in [0.1, 0.15) is 5.82 Å². The van der Waals surface area contributed by atoms with Crippen molar-refractivity contribution >= 4 is 5.91 Å². The largest absolute Gasteiger partial charge is 0.355 e. The summed E-state index contributed by atoms with van der Waals surface area (Å²) in [6.07, 6.45) is 2.08. The molecule has 1 amide bonds. The van der Waals surface area contributed by atoms with Crippen LogP contribution >= 0.6 is 0 Å². The molecule has 0 aliphatic rings. The molecule has 0 spiro atoms. The first kappa shape index (κ1) is 13.6. The lowest BCUT2D eigenvalue weighted by Crippen LogP contribution is -2.34. The van der Waals surface area contributed by atoms with Crippen molar-refractivity contribution in [3.05, 3.63) is 35.6 Å². The summed E-state index contributed by atoms with van der Waals surface area (Å²) in [7, 11) is 0. The van der Waals surface area contributed by atoms with E-state index in [0.717, 1.165) is 24.9 Å². The minimum atomic E-state index is -0.244. The van der Waals surface area contributed by atoms with Crippen LogP contribution in [-0.2, 0) is 11.3 Å². The van der Waals surface area contributed by atoms with Gasteiger partial charge in [-0.05, 0) is 24.1 Å². The lowest BCUT2D eigenvalue weighted by atomic mass is 10.2. The van der Waals surface area contributed by atoms with E-state index >= 15 is 0 Å². The van der Waals surface area contributed by atoms with Crippen molar-refractivity contribution < 1.29 is 9.18 Å². The van der Waals surface area contributed by atoms with Gasteiger partial charge in [-0.1, -0.05) is 25.5 Å². The molecule has 1 rings (SSSR count). The maximum absolute atomic E-state index is 12.6. The second kappa shape index (κ2) is 7.79. The van der Waals surface area contributed by atoms with Gasteiger partial charge in [-0.15, -0.1) is 0 Å². The number of benzene rings is 1. The maximum atomic E-state index is 12.6. The number of carbonyl (C=O) groups excluding carboxylic acids is 1. The topological polar surface area (TPSA) is 41.1 Å². The number of unbranched alkanes of at least 4 members (excludes halogenated alkanes) is 1. The molecule has 0 aromatic heterocycles. The third-order valence-electron chi connectivity index (χ3n) is 2.38. The second-order valence-electron chi connectivity index (χ2n) is 3.93. The molecule has 3 nitrogen and oxygen atoms in total. The van der Waals surface area contributed by atoms with Crippen molar-refractivity contribution in [2.75, 3.05) is 13.1 Å². The first-order chi connectivity index (χ1) is 8.22. The molecule has 0 aliphatic heterocycles. The van der Waals surface area contributed by atoms with Crippen LogP contribution in [0.3, 0.4) is 0 Å². The summed E-state index contributed by atoms with van der Waals surface area (Å²) in [6, 6.07) is 6.24. The van der Waals surface area contributed by atoms with Crippen molar-refractivity contribution in [1.82, 2.24) is 10.6 Å². The molecule has 0 atom stereocenters. The van der Waals surface area contributed by atoms with Crippen LogP contribution in [0.25, 0.3) is 0 Å². The number of hydrogen-bond acceptors (Lipinski definition) is 2. The molecule has 0 aliphatic carbocycles. The molecule has 0 fully saturated rings. The molecule has 0 heterocycles. The van der Waals surface area contributed by atoms with Gasteiger partial charge in [-0.3, -0.25) is 4.79 Å². The van der Waals surface area contributed by atoms with Crippen molar-refractivity contribution in [2.45, 2.75) is 26.3 Å².